The lowest BCUT2D eigenvalue weighted by molar-refractivity contribution is 0.187. The molecule has 0 spiro atoms. The first-order chi connectivity index (χ1) is 9.88. The molecule has 1 saturated carbocycles. The molecule has 1 aliphatic rings. The predicted octanol–water partition coefficient (Wildman–Crippen LogP) is 4.66. The fourth-order valence-corrected chi connectivity index (χ4v) is 3.46. The highest BCUT2D eigenvalue weighted by molar-refractivity contribution is 4.77. The molecule has 0 unspecified atom stereocenters. The van der Waals surface area contributed by atoms with Gasteiger partial charge in [0.2, 0.25) is 0 Å². The van der Waals surface area contributed by atoms with E-state index in [-0.39, 0.29) is 0 Å². The van der Waals surface area contributed by atoms with Gasteiger partial charge in [-0.25, -0.2) is 0 Å². The lowest BCUT2D eigenvalue weighted by atomic mass is 9.92. The minimum Gasteiger partial charge on any atom is -0.395 e. The van der Waals surface area contributed by atoms with E-state index in [1.807, 2.05) is 0 Å². The van der Waals surface area contributed by atoms with E-state index in [2.05, 4.69) is 12.2 Å². The van der Waals surface area contributed by atoms with Crippen LogP contribution in [0.1, 0.15) is 90.4 Å². The molecule has 0 aromatic carbocycles. The highest BCUT2D eigenvalue weighted by Crippen LogP contribution is 2.25. The van der Waals surface area contributed by atoms with E-state index < -0.39 is 0 Å². The van der Waals surface area contributed by atoms with Crippen LogP contribution in [-0.2, 0) is 0 Å². The molecule has 0 saturated heterocycles. The Balaban J connectivity index is 2.02. The lowest BCUT2D eigenvalue weighted by Crippen LogP contribution is -2.39. The molecule has 1 atom stereocenters. The molecule has 0 bridgehead atoms. The molecule has 0 radical (unpaired) electrons. The van der Waals surface area contributed by atoms with Crippen LogP contribution in [0.4, 0.5) is 0 Å². The first-order valence-corrected chi connectivity index (χ1v) is 9.22. The summed E-state index contributed by atoms with van der Waals surface area (Å²) in [6.45, 7) is 3.68. The molecule has 0 aromatic rings. The molecular formula is C18H37NO. The fourth-order valence-electron chi connectivity index (χ4n) is 3.46. The van der Waals surface area contributed by atoms with Crippen molar-refractivity contribution >= 4 is 0 Å². The Morgan fingerprint density at radius 3 is 2.10 bits per heavy atom. The first kappa shape index (κ1) is 18.0. The van der Waals surface area contributed by atoms with E-state index in [0.29, 0.717) is 18.6 Å². The zero-order valence-corrected chi connectivity index (χ0v) is 13.7. The summed E-state index contributed by atoms with van der Waals surface area (Å²) in [5.41, 5.74) is 0. The summed E-state index contributed by atoms with van der Waals surface area (Å²) >= 11 is 0. The maximum absolute atomic E-state index is 9.61. The first-order valence-electron chi connectivity index (χ1n) is 9.22. The van der Waals surface area contributed by atoms with Gasteiger partial charge in [0.15, 0.2) is 0 Å². The standard InChI is InChI=1S/C18H37NO/c1-2-3-4-5-6-9-12-15-19-18(16-20)17-13-10-7-8-11-14-17/h17-20H,2-16H2,1H3/t18-/m1/s1. The van der Waals surface area contributed by atoms with Gasteiger partial charge in [-0.1, -0.05) is 71.1 Å². The molecule has 2 nitrogen and oxygen atoms in total. The maximum Gasteiger partial charge on any atom is 0.0587 e. The molecule has 20 heavy (non-hydrogen) atoms. The maximum atomic E-state index is 9.61. The number of unbranched alkanes of at least 4 members (excludes halogenated alkanes) is 6. The largest absolute Gasteiger partial charge is 0.395 e. The van der Waals surface area contributed by atoms with Crippen molar-refractivity contribution in [2.75, 3.05) is 13.2 Å². The van der Waals surface area contributed by atoms with E-state index in [4.69, 9.17) is 0 Å². The summed E-state index contributed by atoms with van der Waals surface area (Å²) in [5.74, 6) is 0.715. The highest BCUT2D eigenvalue weighted by atomic mass is 16.3. The second-order valence-electron chi connectivity index (χ2n) is 6.62. The van der Waals surface area contributed by atoms with Crippen molar-refractivity contribution in [3.8, 4) is 0 Å². The van der Waals surface area contributed by atoms with E-state index in [1.54, 1.807) is 0 Å². The van der Waals surface area contributed by atoms with Crippen molar-refractivity contribution in [3.05, 3.63) is 0 Å². The molecule has 1 fully saturated rings. The van der Waals surface area contributed by atoms with Crippen molar-refractivity contribution in [1.82, 2.24) is 5.32 Å². The van der Waals surface area contributed by atoms with Crippen LogP contribution < -0.4 is 5.32 Å². The van der Waals surface area contributed by atoms with Crippen molar-refractivity contribution in [3.63, 3.8) is 0 Å². The van der Waals surface area contributed by atoms with Crippen molar-refractivity contribution < 1.29 is 5.11 Å². The third kappa shape index (κ3) is 8.26. The SMILES string of the molecule is CCCCCCCCCN[C@H](CO)C1CCCCCC1. The number of nitrogens with one attached hydrogen (secondary N) is 1. The van der Waals surface area contributed by atoms with Gasteiger partial charge < -0.3 is 10.4 Å². The Bertz CT molecular complexity index is 200. The van der Waals surface area contributed by atoms with Gasteiger partial charge in [0.25, 0.3) is 0 Å². The van der Waals surface area contributed by atoms with Crippen LogP contribution in [-0.4, -0.2) is 24.3 Å². The number of hydrogen-bond acceptors (Lipinski definition) is 2. The molecule has 0 amide bonds. The second kappa shape index (κ2) is 12.6. The van der Waals surface area contributed by atoms with Crippen LogP contribution in [0, 0.1) is 5.92 Å². The van der Waals surface area contributed by atoms with Crippen LogP contribution in [0.2, 0.25) is 0 Å². The zero-order chi connectivity index (χ0) is 14.5. The van der Waals surface area contributed by atoms with Crippen LogP contribution in [0.25, 0.3) is 0 Å². The molecule has 0 aromatic heterocycles. The summed E-state index contributed by atoms with van der Waals surface area (Å²) < 4.78 is 0. The summed E-state index contributed by atoms with van der Waals surface area (Å²) in [5, 5.41) is 13.2. The van der Waals surface area contributed by atoms with Crippen LogP contribution >= 0.6 is 0 Å². The van der Waals surface area contributed by atoms with Gasteiger partial charge in [0.1, 0.15) is 0 Å². The molecule has 120 valence electrons. The smallest absolute Gasteiger partial charge is 0.0587 e. The number of aliphatic hydroxyl groups excluding tert-OH is 1. The lowest BCUT2D eigenvalue weighted by Gasteiger charge is -2.25. The molecule has 1 rings (SSSR count). The van der Waals surface area contributed by atoms with E-state index in [1.165, 1.54) is 83.5 Å². The second-order valence-corrected chi connectivity index (χ2v) is 6.62. The summed E-state index contributed by atoms with van der Waals surface area (Å²) in [6.07, 6.45) is 17.7. The number of hydrogen-bond donors (Lipinski definition) is 2. The Hall–Kier alpha value is -0.0800. The third-order valence-corrected chi connectivity index (χ3v) is 4.85. The van der Waals surface area contributed by atoms with E-state index >= 15 is 0 Å². The molecule has 2 N–H and O–H groups in total. The van der Waals surface area contributed by atoms with Crippen LogP contribution in [0.5, 0.6) is 0 Å². The molecular weight excluding hydrogens is 246 g/mol. The molecule has 1 aliphatic carbocycles. The minimum atomic E-state index is 0.321. The normalized spacial score (nSPS) is 18.9. The molecule has 2 heteroatoms. The van der Waals surface area contributed by atoms with E-state index in [0.717, 1.165) is 6.54 Å². The van der Waals surface area contributed by atoms with Crippen LogP contribution in [0.15, 0.2) is 0 Å². The van der Waals surface area contributed by atoms with Gasteiger partial charge in [0, 0.05) is 6.04 Å². The zero-order valence-electron chi connectivity index (χ0n) is 13.7. The Kier molecular flexibility index (Phi) is 11.4. The van der Waals surface area contributed by atoms with Gasteiger partial charge >= 0.3 is 0 Å². The summed E-state index contributed by atoms with van der Waals surface area (Å²) in [4.78, 5) is 0. The third-order valence-electron chi connectivity index (χ3n) is 4.85. The highest BCUT2D eigenvalue weighted by Gasteiger charge is 2.21. The molecule has 0 heterocycles. The topological polar surface area (TPSA) is 32.3 Å². The van der Waals surface area contributed by atoms with Gasteiger partial charge in [-0.2, -0.15) is 0 Å². The fraction of sp³-hybridized carbons (Fsp3) is 1.00. The van der Waals surface area contributed by atoms with Gasteiger partial charge in [-0.3, -0.25) is 0 Å². The van der Waals surface area contributed by atoms with Gasteiger partial charge in [-0.05, 0) is 31.7 Å². The predicted molar refractivity (Wildman–Crippen MR) is 88.1 cm³/mol. The monoisotopic (exact) mass is 283 g/mol. The average Bonchev–Trinajstić information content (AvgIpc) is 2.75. The minimum absolute atomic E-state index is 0.321. The number of rotatable bonds is 11. The average molecular weight is 284 g/mol. The Morgan fingerprint density at radius 2 is 1.50 bits per heavy atom. The Morgan fingerprint density at radius 1 is 0.900 bits per heavy atom. The van der Waals surface area contributed by atoms with Crippen LogP contribution in [0.3, 0.4) is 0 Å². The Labute approximate surface area is 126 Å². The quantitative estimate of drug-likeness (QED) is 0.427. The molecule has 0 aliphatic heterocycles. The summed E-state index contributed by atoms with van der Waals surface area (Å²) in [6, 6.07) is 0.355. The van der Waals surface area contributed by atoms with Crippen molar-refractivity contribution in [2.24, 2.45) is 5.92 Å². The van der Waals surface area contributed by atoms with E-state index in [9.17, 15) is 5.11 Å². The number of aliphatic hydroxyl groups is 1. The van der Waals surface area contributed by atoms with Gasteiger partial charge in [-0.15, -0.1) is 0 Å². The summed E-state index contributed by atoms with van der Waals surface area (Å²) in [7, 11) is 0. The van der Waals surface area contributed by atoms with Crippen molar-refractivity contribution in [1.29, 1.82) is 0 Å². The van der Waals surface area contributed by atoms with Crippen molar-refractivity contribution in [2.45, 2.75) is 96.4 Å². The van der Waals surface area contributed by atoms with Gasteiger partial charge in [0.05, 0.1) is 6.61 Å².